The number of hydrogen-bond donors (Lipinski definition) is 2. The SMILES string of the molecule is C=CNC(CC(C)C)C(=O)N[C@@H](CC(=O)OCC)C/C(F)=C(/C)C=C. The summed E-state index contributed by atoms with van der Waals surface area (Å²) in [6.45, 7) is 14.6. The maximum atomic E-state index is 14.2. The number of nitrogens with one attached hydrogen (secondary N) is 2. The monoisotopic (exact) mass is 354 g/mol. The number of ether oxygens (including phenoxy) is 1. The van der Waals surface area contributed by atoms with Crippen molar-refractivity contribution in [2.75, 3.05) is 6.61 Å². The number of amides is 1. The van der Waals surface area contributed by atoms with Crippen molar-refractivity contribution in [3.05, 3.63) is 36.8 Å². The van der Waals surface area contributed by atoms with Crippen LogP contribution in [-0.2, 0) is 14.3 Å². The van der Waals surface area contributed by atoms with E-state index in [1.165, 1.54) is 12.3 Å². The highest BCUT2D eigenvalue weighted by atomic mass is 19.1. The largest absolute Gasteiger partial charge is 0.466 e. The summed E-state index contributed by atoms with van der Waals surface area (Å²) < 4.78 is 19.1. The fourth-order valence-electron chi connectivity index (χ4n) is 2.25. The molecule has 0 aromatic carbocycles. The highest BCUT2D eigenvalue weighted by molar-refractivity contribution is 5.83. The molecule has 1 unspecified atom stereocenters. The number of halogens is 1. The van der Waals surface area contributed by atoms with Gasteiger partial charge in [-0.15, -0.1) is 0 Å². The molecule has 5 nitrogen and oxygen atoms in total. The van der Waals surface area contributed by atoms with Gasteiger partial charge in [0.15, 0.2) is 0 Å². The van der Waals surface area contributed by atoms with Crippen molar-refractivity contribution in [2.45, 2.75) is 59.0 Å². The third-order valence-corrected chi connectivity index (χ3v) is 3.57. The summed E-state index contributed by atoms with van der Waals surface area (Å²) >= 11 is 0. The molecule has 0 fully saturated rings. The predicted molar refractivity (Wildman–Crippen MR) is 98.4 cm³/mol. The first kappa shape index (κ1) is 22.9. The Kier molecular flexibility index (Phi) is 11.2. The van der Waals surface area contributed by atoms with Gasteiger partial charge in [-0.2, -0.15) is 0 Å². The van der Waals surface area contributed by atoms with Crippen molar-refractivity contribution in [3.8, 4) is 0 Å². The lowest BCUT2D eigenvalue weighted by Gasteiger charge is -2.23. The minimum absolute atomic E-state index is 0.0924. The van der Waals surface area contributed by atoms with Gasteiger partial charge in [0.1, 0.15) is 11.9 Å². The molecule has 2 N–H and O–H groups in total. The van der Waals surface area contributed by atoms with Gasteiger partial charge >= 0.3 is 5.97 Å². The summed E-state index contributed by atoms with van der Waals surface area (Å²) in [5.74, 6) is -0.908. The van der Waals surface area contributed by atoms with E-state index >= 15 is 0 Å². The molecular formula is C19H31FN2O3. The van der Waals surface area contributed by atoms with Crippen molar-refractivity contribution in [2.24, 2.45) is 5.92 Å². The van der Waals surface area contributed by atoms with Gasteiger partial charge in [0, 0.05) is 12.5 Å². The van der Waals surface area contributed by atoms with E-state index in [1.54, 1.807) is 13.8 Å². The summed E-state index contributed by atoms with van der Waals surface area (Å²) in [5, 5.41) is 5.65. The van der Waals surface area contributed by atoms with E-state index in [9.17, 15) is 14.0 Å². The Labute approximate surface area is 150 Å². The Hall–Kier alpha value is -2.11. The average molecular weight is 354 g/mol. The summed E-state index contributed by atoms with van der Waals surface area (Å²) in [6, 6.07) is -1.18. The van der Waals surface area contributed by atoms with Crippen LogP contribution in [0.2, 0.25) is 0 Å². The van der Waals surface area contributed by atoms with Gasteiger partial charge in [-0.25, -0.2) is 4.39 Å². The van der Waals surface area contributed by atoms with Crippen LogP contribution >= 0.6 is 0 Å². The number of esters is 1. The van der Waals surface area contributed by atoms with E-state index in [0.717, 1.165) is 0 Å². The van der Waals surface area contributed by atoms with Crippen molar-refractivity contribution >= 4 is 11.9 Å². The van der Waals surface area contributed by atoms with Gasteiger partial charge in [-0.05, 0) is 38.0 Å². The Bertz CT molecular complexity index is 501. The Morgan fingerprint density at radius 1 is 1.24 bits per heavy atom. The van der Waals surface area contributed by atoms with Crippen molar-refractivity contribution in [1.82, 2.24) is 10.6 Å². The average Bonchev–Trinajstić information content (AvgIpc) is 2.53. The summed E-state index contributed by atoms with van der Waals surface area (Å²) in [4.78, 5) is 24.3. The van der Waals surface area contributed by atoms with Crippen LogP contribution in [0.1, 0.15) is 47.0 Å². The standard InChI is InChI=1S/C19H31FN2O3/c1-7-14(6)16(20)11-15(12-18(23)25-9-3)22-19(24)17(21-8-2)10-13(4)5/h7-8,13,15,17,21H,1-2,9-12H2,3-6H3,(H,22,24)/b16-14+/t15-,17?/m1/s1. The van der Waals surface area contributed by atoms with E-state index in [0.29, 0.717) is 12.0 Å². The van der Waals surface area contributed by atoms with Crippen LogP contribution in [0, 0.1) is 5.92 Å². The number of carbonyl (C=O) groups excluding carboxylic acids is 2. The minimum Gasteiger partial charge on any atom is -0.466 e. The Balaban J connectivity index is 5.17. The van der Waals surface area contributed by atoms with E-state index in [-0.39, 0.29) is 31.3 Å². The van der Waals surface area contributed by atoms with Crippen molar-refractivity contribution in [3.63, 3.8) is 0 Å². The third-order valence-electron chi connectivity index (χ3n) is 3.57. The maximum absolute atomic E-state index is 14.2. The molecule has 0 aliphatic heterocycles. The normalized spacial score (nSPS) is 14.2. The minimum atomic E-state index is -0.692. The van der Waals surface area contributed by atoms with Crippen LogP contribution in [0.5, 0.6) is 0 Å². The first-order valence-corrected chi connectivity index (χ1v) is 8.55. The topological polar surface area (TPSA) is 67.4 Å². The summed E-state index contributed by atoms with van der Waals surface area (Å²) in [7, 11) is 0. The molecule has 0 bridgehead atoms. The van der Waals surface area contributed by atoms with Crippen LogP contribution < -0.4 is 10.6 Å². The van der Waals surface area contributed by atoms with Crippen LogP contribution in [0.15, 0.2) is 36.8 Å². The summed E-state index contributed by atoms with van der Waals surface area (Å²) in [6.07, 6.45) is 3.26. The highest BCUT2D eigenvalue weighted by Gasteiger charge is 2.24. The van der Waals surface area contributed by atoms with Gasteiger partial charge in [-0.1, -0.05) is 33.1 Å². The third kappa shape index (κ3) is 9.69. The lowest BCUT2D eigenvalue weighted by molar-refractivity contribution is -0.143. The van der Waals surface area contributed by atoms with E-state index in [2.05, 4.69) is 23.8 Å². The molecule has 25 heavy (non-hydrogen) atoms. The molecule has 0 saturated carbocycles. The quantitative estimate of drug-likeness (QED) is 0.416. The lowest BCUT2D eigenvalue weighted by atomic mass is 10.0. The zero-order valence-electron chi connectivity index (χ0n) is 15.7. The van der Waals surface area contributed by atoms with E-state index in [1.807, 2.05) is 13.8 Å². The molecule has 1 amide bonds. The van der Waals surface area contributed by atoms with Crippen molar-refractivity contribution < 1.29 is 18.7 Å². The molecule has 0 radical (unpaired) electrons. The molecule has 0 saturated heterocycles. The van der Waals surface area contributed by atoms with Crippen LogP contribution in [0.3, 0.4) is 0 Å². The van der Waals surface area contributed by atoms with Crippen molar-refractivity contribution in [1.29, 1.82) is 0 Å². The smallest absolute Gasteiger partial charge is 0.307 e. The van der Waals surface area contributed by atoms with Gasteiger partial charge in [0.2, 0.25) is 5.91 Å². The van der Waals surface area contributed by atoms with E-state index in [4.69, 9.17) is 4.74 Å². The fraction of sp³-hybridized carbons (Fsp3) is 0.579. The zero-order valence-corrected chi connectivity index (χ0v) is 15.7. The molecule has 0 aromatic heterocycles. The first-order valence-electron chi connectivity index (χ1n) is 8.55. The fourth-order valence-corrected chi connectivity index (χ4v) is 2.25. The molecule has 2 atom stereocenters. The second kappa shape index (κ2) is 12.3. The molecule has 0 rings (SSSR count). The number of rotatable bonds is 12. The molecule has 6 heteroatoms. The maximum Gasteiger partial charge on any atom is 0.307 e. The molecule has 142 valence electrons. The Morgan fingerprint density at radius 3 is 2.36 bits per heavy atom. The Morgan fingerprint density at radius 2 is 1.88 bits per heavy atom. The van der Waals surface area contributed by atoms with Gasteiger partial charge in [0.25, 0.3) is 0 Å². The first-order chi connectivity index (χ1) is 11.7. The second-order valence-electron chi connectivity index (χ2n) is 6.26. The predicted octanol–water partition coefficient (Wildman–Crippen LogP) is 3.39. The second-order valence-corrected chi connectivity index (χ2v) is 6.26. The van der Waals surface area contributed by atoms with Gasteiger partial charge in [-0.3, -0.25) is 9.59 Å². The van der Waals surface area contributed by atoms with Crippen LogP contribution in [0.25, 0.3) is 0 Å². The van der Waals surface area contributed by atoms with Crippen LogP contribution in [-0.4, -0.2) is 30.6 Å². The van der Waals surface area contributed by atoms with E-state index < -0.39 is 23.9 Å². The lowest BCUT2D eigenvalue weighted by Crippen LogP contribution is -2.47. The van der Waals surface area contributed by atoms with Gasteiger partial charge < -0.3 is 15.4 Å². The molecule has 0 aliphatic rings. The number of carbonyl (C=O) groups is 2. The molecule has 0 aliphatic carbocycles. The molecule has 0 spiro atoms. The molecular weight excluding hydrogens is 323 g/mol. The summed E-state index contributed by atoms with van der Waals surface area (Å²) in [5.41, 5.74) is 0.381. The van der Waals surface area contributed by atoms with Gasteiger partial charge in [0.05, 0.1) is 13.0 Å². The van der Waals surface area contributed by atoms with Crippen LogP contribution in [0.4, 0.5) is 4.39 Å². The number of hydrogen-bond acceptors (Lipinski definition) is 4. The highest BCUT2D eigenvalue weighted by Crippen LogP contribution is 2.16. The molecule has 0 heterocycles. The number of allylic oxidation sites excluding steroid dienone is 2. The zero-order chi connectivity index (χ0) is 19.4. The molecule has 0 aromatic rings.